The maximum Gasteiger partial charge on any atom is 0.162 e. The summed E-state index contributed by atoms with van der Waals surface area (Å²) in [6.07, 6.45) is 6.13. The van der Waals surface area contributed by atoms with Gasteiger partial charge in [0.2, 0.25) is 0 Å². The summed E-state index contributed by atoms with van der Waals surface area (Å²) in [4.78, 5) is 4.40. The average molecular weight is 606 g/mol. The highest BCUT2D eigenvalue weighted by Crippen LogP contribution is 2.25. The predicted octanol–water partition coefficient (Wildman–Crippen LogP) is 7.91. The molecule has 0 N–H and O–H groups in total. The molecule has 0 fully saturated rings. The van der Waals surface area contributed by atoms with Crippen LogP contribution in [0, 0.1) is 36.5 Å². The molecule has 0 aromatic carbocycles. The summed E-state index contributed by atoms with van der Waals surface area (Å²) in [7, 11) is 0. The molecule has 4 rings (SSSR count). The Morgan fingerprint density at radius 2 is 1.16 bits per heavy atom. The highest BCUT2D eigenvalue weighted by Gasteiger charge is 2.17. The number of thiazole rings is 1. The number of rotatable bonds is 1. The van der Waals surface area contributed by atoms with E-state index in [1.165, 1.54) is 5.01 Å². The molecule has 0 atom stereocenters. The van der Waals surface area contributed by atoms with Crippen LogP contribution in [0.3, 0.4) is 0 Å². The Morgan fingerprint density at radius 3 is 1.44 bits per heavy atom. The number of nitriles is 2. The highest BCUT2D eigenvalue weighted by molar-refractivity contribution is 7.09. The van der Waals surface area contributed by atoms with Gasteiger partial charge < -0.3 is 0 Å². The molecule has 0 unspecified atom stereocenters. The van der Waals surface area contributed by atoms with E-state index in [-0.39, 0.29) is 22.0 Å². The lowest BCUT2D eigenvalue weighted by Gasteiger charge is -2.18. The van der Waals surface area contributed by atoms with Crippen LogP contribution in [0.15, 0.2) is 42.2 Å². The first kappa shape index (κ1) is 37.3. The maximum absolute atomic E-state index is 8.49. The van der Waals surface area contributed by atoms with Crippen molar-refractivity contribution in [1.29, 1.82) is 10.5 Å². The van der Waals surface area contributed by atoms with Gasteiger partial charge in [-0.05, 0) is 94.4 Å². The first-order chi connectivity index (χ1) is 19.6. The Kier molecular flexibility index (Phi) is 13.1. The van der Waals surface area contributed by atoms with E-state index < -0.39 is 0 Å². The van der Waals surface area contributed by atoms with Crippen molar-refractivity contribution in [3.8, 4) is 12.1 Å². The zero-order valence-electron chi connectivity index (χ0n) is 28.7. The van der Waals surface area contributed by atoms with E-state index >= 15 is 0 Å². The van der Waals surface area contributed by atoms with Gasteiger partial charge in [0.1, 0.15) is 6.07 Å². The van der Waals surface area contributed by atoms with E-state index in [0.717, 1.165) is 17.1 Å². The second-order valence-corrected chi connectivity index (χ2v) is 15.2. The molecule has 0 aliphatic rings. The molecule has 9 nitrogen and oxygen atoms in total. The fourth-order valence-electron chi connectivity index (χ4n) is 3.15. The van der Waals surface area contributed by atoms with Crippen molar-refractivity contribution in [2.75, 3.05) is 0 Å². The SMILES string of the molecule is CC(C)(C)n1ccc(C#N)n1.CC(C)(C)n1ccc(CC#N)n1.Cc1ccn(C(C)(C)C)n1.Cc1csc(C(C)(C)C)n1. The van der Waals surface area contributed by atoms with Crippen LogP contribution in [0.2, 0.25) is 0 Å². The van der Waals surface area contributed by atoms with Crippen LogP contribution >= 0.6 is 11.3 Å². The van der Waals surface area contributed by atoms with Crippen LogP contribution in [0.5, 0.6) is 0 Å². The van der Waals surface area contributed by atoms with E-state index in [1.807, 2.05) is 80.8 Å². The van der Waals surface area contributed by atoms with Gasteiger partial charge >= 0.3 is 0 Å². The first-order valence-electron chi connectivity index (χ1n) is 14.4. The second-order valence-electron chi connectivity index (χ2n) is 14.3. The van der Waals surface area contributed by atoms with E-state index in [9.17, 15) is 0 Å². The van der Waals surface area contributed by atoms with E-state index in [2.05, 4.69) is 94.0 Å². The summed E-state index contributed by atoms with van der Waals surface area (Å²) in [6, 6.07) is 9.68. The van der Waals surface area contributed by atoms with Gasteiger partial charge in [0.05, 0.1) is 45.5 Å². The Hall–Kier alpha value is -3.76. The number of hydrogen-bond acceptors (Lipinski definition) is 7. The lowest BCUT2D eigenvalue weighted by atomic mass is 9.98. The predicted molar refractivity (Wildman–Crippen MR) is 176 cm³/mol. The molecule has 0 amide bonds. The molecule has 0 bridgehead atoms. The lowest BCUT2D eigenvalue weighted by molar-refractivity contribution is 0.353. The Balaban J connectivity index is 0.000000287. The summed E-state index contributed by atoms with van der Waals surface area (Å²) in [5.74, 6) is 0. The summed E-state index contributed by atoms with van der Waals surface area (Å²) in [5.41, 5.74) is 3.84. The minimum absolute atomic E-state index is 0.00764. The van der Waals surface area contributed by atoms with Crippen LogP contribution in [0.25, 0.3) is 0 Å². The molecule has 4 heterocycles. The van der Waals surface area contributed by atoms with Crippen molar-refractivity contribution in [3.63, 3.8) is 0 Å². The zero-order chi connectivity index (χ0) is 33.2. The van der Waals surface area contributed by atoms with Crippen LogP contribution < -0.4 is 0 Å². The molecule has 0 saturated carbocycles. The normalized spacial score (nSPS) is 11.5. The van der Waals surface area contributed by atoms with Gasteiger partial charge in [0.25, 0.3) is 0 Å². The summed E-state index contributed by atoms with van der Waals surface area (Å²) >= 11 is 1.75. The van der Waals surface area contributed by atoms with Gasteiger partial charge in [-0.3, -0.25) is 14.0 Å². The van der Waals surface area contributed by atoms with Gasteiger partial charge in [-0.15, -0.1) is 11.3 Å². The number of nitrogens with zero attached hydrogens (tertiary/aromatic N) is 9. The molecule has 0 aliphatic heterocycles. The minimum atomic E-state index is -0.0326. The van der Waals surface area contributed by atoms with Crippen molar-refractivity contribution in [1.82, 2.24) is 34.3 Å². The Morgan fingerprint density at radius 1 is 0.674 bits per heavy atom. The molecular weight excluding hydrogens is 554 g/mol. The van der Waals surface area contributed by atoms with Crippen molar-refractivity contribution < 1.29 is 0 Å². The van der Waals surface area contributed by atoms with E-state index in [1.54, 1.807) is 22.1 Å². The van der Waals surface area contributed by atoms with E-state index in [4.69, 9.17) is 10.5 Å². The van der Waals surface area contributed by atoms with Gasteiger partial charge in [-0.1, -0.05) is 20.8 Å². The monoisotopic (exact) mass is 605 g/mol. The Bertz CT molecular complexity index is 1420. The third kappa shape index (κ3) is 13.4. The third-order valence-corrected chi connectivity index (χ3v) is 7.04. The molecule has 4 aromatic rings. The molecular formula is C33H51N9S. The van der Waals surface area contributed by atoms with Gasteiger partial charge in [-0.2, -0.15) is 25.8 Å². The number of aromatic nitrogens is 7. The van der Waals surface area contributed by atoms with E-state index in [0.29, 0.717) is 12.1 Å². The molecule has 4 aromatic heterocycles. The van der Waals surface area contributed by atoms with Gasteiger partial charge in [0.15, 0.2) is 5.69 Å². The van der Waals surface area contributed by atoms with Crippen LogP contribution in [-0.4, -0.2) is 34.3 Å². The largest absolute Gasteiger partial charge is 0.267 e. The molecule has 0 spiro atoms. The topological polar surface area (TPSA) is 114 Å². The number of aryl methyl sites for hydroxylation is 2. The smallest absolute Gasteiger partial charge is 0.162 e. The van der Waals surface area contributed by atoms with Crippen molar-refractivity contribution >= 4 is 11.3 Å². The molecule has 0 radical (unpaired) electrons. The van der Waals surface area contributed by atoms with Crippen molar-refractivity contribution in [2.45, 2.75) is 125 Å². The fourth-order valence-corrected chi connectivity index (χ4v) is 4.04. The lowest BCUT2D eigenvalue weighted by Crippen LogP contribution is -2.22. The minimum Gasteiger partial charge on any atom is -0.267 e. The molecule has 10 heteroatoms. The first-order valence-corrected chi connectivity index (χ1v) is 15.3. The molecule has 0 aliphatic carbocycles. The molecule has 0 saturated heterocycles. The molecule has 234 valence electrons. The number of hydrogen-bond donors (Lipinski definition) is 0. The zero-order valence-corrected chi connectivity index (χ0v) is 29.5. The van der Waals surface area contributed by atoms with Crippen LogP contribution in [0.4, 0.5) is 0 Å². The van der Waals surface area contributed by atoms with Crippen molar-refractivity contribution in [2.24, 2.45) is 0 Å². The average Bonchev–Trinajstić information content (AvgIpc) is 3.65. The van der Waals surface area contributed by atoms with Crippen LogP contribution in [-0.2, 0) is 28.5 Å². The summed E-state index contributed by atoms with van der Waals surface area (Å²) < 4.78 is 5.63. The summed E-state index contributed by atoms with van der Waals surface area (Å²) in [6.45, 7) is 29.4. The van der Waals surface area contributed by atoms with Crippen molar-refractivity contribution in [3.05, 3.63) is 70.0 Å². The third-order valence-electron chi connectivity index (χ3n) is 5.65. The van der Waals surface area contributed by atoms with Gasteiger partial charge in [0, 0.05) is 35.1 Å². The quantitative estimate of drug-likeness (QED) is 0.218. The standard InChI is InChI=1S/C9H13N3.C8H11N3.C8H14N2.C8H13NS/c1-9(2,3)12-7-5-8(11-12)4-6-10;1-8(2,3)11-5-4-7(6-9)10-11;1-7-5-6-10(9-7)8(2,3)4;1-6-5-10-7(9-6)8(2,3)4/h5,7H,4H2,1-3H3;4-5H,1-3H3;5-6H,1-4H3;5H,1-4H3. The fraction of sp³-hybridized carbons (Fsp3) is 0.576. The highest BCUT2D eigenvalue weighted by atomic mass is 32.1. The van der Waals surface area contributed by atoms with Crippen LogP contribution in [0.1, 0.15) is 111 Å². The Labute approximate surface area is 263 Å². The maximum atomic E-state index is 8.49. The van der Waals surface area contributed by atoms with Gasteiger partial charge in [-0.25, -0.2) is 4.98 Å². The molecule has 43 heavy (non-hydrogen) atoms. The second kappa shape index (κ2) is 15.1. The summed E-state index contributed by atoms with van der Waals surface area (Å²) in [5, 5.41) is 32.9.